The highest BCUT2D eigenvalue weighted by Gasteiger charge is 2.25. The molecule has 1 amide bonds. The summed E-state index contributed by atoms with van der Waals surface area (Å²) in [4.78, 5) is 16.4. The van der Waals surface area contributed by atoms with Crippen LogP contribution in [-0.2, 0) is 6.54 Å². The maximum atomic E-state index is 12.4. The van der Waals surface area contributed by atoms with E-state index in [0.29, 0.717) is 29.6 Å². The lowest BCUT2D eigenvalue weighted by molar-refractivity contribution is 0.0587. The molecule has 0 radical (unpaired) electrons. The maximum absolute atomic E-state index is 12.4. The van der Waals surface area contributed by atoms with Gasteiger partial charge in [-0.05, 0) is 25.1 Å². The van der Waals surface area contributed by atoms with Crippen LogP contribution in [0.1, 0.15) is 21.8 Å². The minimum absolute atomic E-state index is 0.101. The van der Waals surface area contributed by atoms with Crippen LogP contribution < -0.4 is 4.74 Å². The van der Waals surface area contributed by atoms with Gasteiger partial charge in [-0.2, -0.15) is 0 Å². The number of hydrogen-bond acceptors (Lipinski definition) is 5. The predicted molar refractivity (Wildman–Crippen MR) is 90.4 cm³/mol. The van der Waals surface area contributed by atoms with Crippen molar-refractivity contribution in [3.8, 4) is 5.75 Å². The summed E-state index contributed by atoms with van der Waals surface area (Å²) in [5.41, 5.74) is 1.76. The molecule has 2 aromatic rings. The first-order chi connectivity index (χ1) is 11.6. The average Bonchev–Trinajstić information content (AvgIpc) is 3.02. The van der Waals surface area contributed by atoms with Crippen LogP contribution in [0.2, 0.25) is 5.02 Å². The molecule has 1 aromatic heterocycles. The van der Waals surface area contributed by atoms with Crippen molar-refractivity contribution < 1.29 is 14.1 Å². The van der Waals surface area contributed by atoms with E-state index in [1.807, 2.05) is 18.2 Å². The molecule has 3 rings (SSSR count). The van der Waals surface area contributed by atoms with Crippen molar-refractivity contribution in [3.63, 3.8) is 0 Å². The summed E-state index contributed by atoms with van der Waals surface area (Å²) in [7, 11) is 1.66. The van der Waals surface area contributed by atoms with Gasteiger partial charge in [0, 0.05) is 49.4 Å². The van der Waals surface area contributed by atoms with E-state index in [4.69, 9.17) is 20.9 Å². The van der Waals surface area contributed by atoms with Crippen LogP contribution in [0.4, 0.5) is 0 Å². The lowest BCUT2D eigenvalue weighted by Gasteiger charge is -2.34. The van der Waals surface area contributed by atoms with Crippen molar-refractivity contribution >= 4 is 17.5 Å². The first-order valence-corrected chi connectivity index (χ1v) is 8.22. The zero-order valence-corrected chi connectivity index (χ0v) is 14.5. The standard InChI is InChI=1S/C17H20ClN3O3/c1-12-9-16(24-19-12)17(22)21-7-5-20(6-8-21)11-13-10-14(18)3-4-15(13)23-2/h3-4,9-10H,5-8,11H2,1-2H3. The smallest absolute Gasteiger partial charge is 0.292 e. The summed E-state index contributed by atoms with van der Waals surface area (Å²) in [6, 6.07) is 7.30. The second-order valence-electron chi connectivity index (χ2n) is 5.86. The van der Waals surface area contributed by atoms with Crippen LogP contribution in [0.5, 0.6) is 5.75 Å². The second kappa shape index (κ2) is 7.23. The van der Waals surface area contributed by atoms with Gasteiger partial charge in [0.05, 0.1) is 12.8 Å². The Kier molecular flexibility index (Phi) is 5.06. The Labute approximate surface area is 145 Å². The molecular formula is C17H20ClN3O3. The zero-order valence-electron chi connectivity index (χ0n) is 13.8. The predicted octanol–water partition coefficient (Wildman–Crippen LogP) is 2.60. The monoisotopic (exact) mass is 349 g/mol. The van der Waals surface area contributed by atoms with Crippen molar-refractivity contribution in [1.82, 2.24) is 15.0 Å². The molecule has 1 aliphatic rings. The SMILES string of the molecule is COc1ccc(Cl)cc1CN1CCN(C(=O)c2cc(C)no2)CC1. The van der Waals surface area contributed by atoms with Gasteiger partial charge < -0.3 is 14.2 Å². The minimum Gasteiger partial charge on any atom is -0.496 e. The van der Waals surface area contributed by atoms with Crippen molar-refractivity contribution in [2.75, 3.05) is 33.3 Å². The van der Waals surface area contributed by atoms with Gasteiger partial charge in [0.25, 0.3) is 5.91 Å². The van der Waals surface area contributed by atoms with E-state index in [-0.39, 0.29) is 5.91 Å². The van der Waals surface area contributed by atoms with E-state index < -0.39 is 0 Å². The lowest BCUT2D eigenvalue weighted by atomic mass is 10.1. The summed E-state index contributed by atoms with van der Waals surface area (Å²) in [5.74, 6) is 1.03. The Bertz CT molecular complexity index is 724. The number of methoxy groups -OCH3 is 1. The lowest BCUT2D eigenvalue weighted by Crippen LogP contribution is -2.48. The molecule has 7 heteroatoms. The first kappa shape index (κ1) is 16.8. The number of halogens is 1. The number of ether oxygens (including phenoxy) is 1. The van der Waals surface area contributed by atoms with Crippen LogP contribution in [0.25, 0.3) is 0 Å². The topological polar surface area (TPSA) is 58.8 Å². The van der Waals surface area contributed by atoms with Crippen molar-refractivity contribution in [3.05, 3.63) is 46.3 Å². The van der Waals surface area contributed by atoms with Crippen LogP contribution in [0, 0.1) is 6.92 Å². The quantitative estimate of drug-likeness (QED) is 0.849. The van der Waals surface area contributed by atoms with Crippen molar-refractivity contribution in [1.29, 1.82) is 0 Å². The van der Waals surface area contributed by atoms with E-state index in [1.54, 1.807) is 25.0 Å². The molecule has 1 aliphatic heterocycles. The molecule has 2 heterocycles. The molecule has 0 spiro atoms. The highest BCUT2D eigenvalue weighted by Crippen LogP contribution is 2.24. The molecule has 1 aromatic carbocycles. The largest absolute Gasteiger partial charge is 0.496 e. The zero-order chi connectivity index (χ0) is 17.1. The number of benzene rings is 1. The maximum Gasteiger partial charge on any atom is 0.292 e. The number of aryl methyl sites for hydroxylation is 1. The summed E-state index contributed by atoms with van der Waals surface area (Å²) >= 11 is 6.08. The minimum atomic E-state index is -0.101. The molecule has 0 bridgehead atoms. The Morgan fingerprint density at radius 1 is 1.29 bits per heavy atom. The number of piperazine rings is 1. The summed E-state index contributed by atoms with van der Waals surface area (Å²) in [6.45, 7) is 5.43. The molecule has 6 nitrogen and oxygen atoms in total. The molecular weight excluding hydrogens is 330 g/mol. The Balaban J connectivity index is 1.59. The van der Waals surface area contributed by atoms with Gasteiger partial charge in [0.2, 0.25) is 5.76 Å². The molecule has 0 aliphatic carbocycles. The highest BCUT2D eigenvalue weighted by atomic mass is 35.5. The fourth-order valence-corrected chi connectivity index (χ4v) is 3.04. The highest BCUT2D eigenvalue weighted by molar-refractivity contribution is 6.30. The number of carbonyl (C=O) groups excluding carboxylic acids is 1. The molecule has 0 unspecified atom stereocenters. The molecule has 24 heavy (non-hydrogen) atoms. The number of nitrogens with zero attached hydrogens (tertiary/aromatic N) is 3. The average molecular weight is 350 g/mol. The van der Waals surface area contributed by atoms with Gasteiger partial charge in [-0.1, -0.05) is 16.8 Å². The van der Waals surface area contributed by atoms with Crippen LogP contribution in [0.15, 0.2) is 28.8 Å². The van der Waals surface area contributed by atoms with Crippen molar-refractivity contribution in [2.24, 2.45) is 0 Å². The summed E-state index contributed by atoms with van der Waals surface area (Å²) in [5, 5.41) is 4.47. The van der Waals surface area contributed by atoms with Gasteiger partial charge in [0.15, 0.2) is 0 Å². The van der Waals surface area contributed by atoms with E-state index >= 15 is 0 Å². The number of aromatic nitrogens is 1. The van der Waals surface area contributed by atoms with E-state index in [9.17, 15) is 4.79 Å². The number of carbonyl (C=O) groups is 1. The molecule has 0 saturated carbocycles. The van der Waals surface area contributed by atoms with E-state index in [1.165, 1.54) is 0 Å². The number of amides is 1. The molecule has 1 saturated heterocycles. The normalized spacial score (nSPS) is 15.5. The third-order valence-electron chi connectivity index (χ3n) is 4.13. The van der Waals surface area contributed by atoms with Crippen LogP contribution >= 0.6 is 11.6 Å². The third-order valence-corrected chi connectivity index (χ3v) is 4.37. The number of hydrogen-bond donors (Lipinski definition) is 0. The summed E-state index contributed by atoms with van der Waals surface area (Å²) < 4.78 is 10.5. The fraction of sp³-hybridized carbons (Fsp3) is 0.412. The molecule has 0 N–H and O–H groups in total. The Morgan fingerprint density at radius 2 is 2.04 bits per heavy atom. The van der Waals surface area contributed by atoms with Crippen LogP contribution in [0.3, 0.4) is 0 Å². The third kappa shape index (κ3) is 3.71. The second-order valence-corrected chi connectivity index (χ2v) is 6.29. The molecule has 128 valence electrons. The van der Waals surface area contributed by atoms with E-state index in [2.05, 4.69) is 10.1 Å². The number of rotatable bonds is 4. The molecule has 0 atom stereocenters. The van der Waals surface area contributed by atoms with Gasteiger partial charge in [0.1, 0.15) is 5.75 Å². The van der Waals surface area contributed by atoms with E-state index in [0.717, 1.165) is 30.9 Å². The van der Waals surface area contributed by atoms with Crippen molar-refractivity contribution in [2.45, 2.75) is 13.5 Å². The van der Waals surface area contributed by atoms with Gasteiger partial charge >= 0.3 is 0 Å². The van der Waals surface area contributed by atoms with Gasteiger partial charge in [-0.15, -0.1) is 0 Å². The Morgan fingerprint density at radius 3 is 2.67 bits per heavy atom. The Hall–Kier alpha value is -2.05. The van der Waals surface area contributed by atoms with Crippen LogP contribution in [-0.4, -0.2) is 54.2 Å². The van der Waals surface area contributed by atoms with Gasteiger partial charge in [-0.3, -0.25) is 9.69 Å². The van der Waals surface area contributed by atoms with Gasteiger partial charge in [-0.25, -0.2) is 0 Å². The first-order valence-electron chi connectivity index (χ1n) is 7.84. The fourth-order valence-electron chi connectivity index (χ4n) is 2.84. The summed E-state index contributed by atoms with van der Waals surface area (Å²) in [6.07, 6.45) is 0. The molecule has 1 fully saturated rings.